The van der Waals surface area contributed by atoms with Crippen LogP contribution in [0.25, 0.3) is 0 Å². The summed E-state index contributed by atoms with van der Waals surface area (Å²) in [7, 11) is 3.23. The molecule has 1 aliphatic rings. The standard InChI is InChI=1S/C15H16O4/c1-17-12-5-3-11(4-6-12)15(16)19-14-9-7-13(18-2)8-10-14/h3-7,9-10,13H,8H2,1-2H3. The van der Waals surface area contributed by atoms with Crippen molar-refractivity contribution in [2.45, 2.75) is 12.5 Å². The number of benzene rings is 1. The molecular formula is C15H16O4. The molecule has 0 N–H and O–H groups in total. The Kier molecular flexibility index (Phi) is 4.36. The average Bonchev–Trinajstić information content (AvgIpc) is 2.48. The van der Waals surface area contributed by atoms with E-state index in [9.17, 15) is 4.79 Å². The molecule has 4 heteroatoms. The van der Waals surface area contributed by atoms with E-state index in [2.05, 4.69) is 0 Å². The van der Waals surface area contributed by atoms with Crippen molar-refractivity contribution < 1.29 is 19.0 Å². The molecule has 1 atom stereocenters. The van der Waals surface area contributed by atoms with Crippen LogP contribution in [0.15, 0.2) is 48.3 Å². The fraction of sp³-hybridized carbons (Fsp3) is 0.267. The molecule has 0 amide bonds. The minimum Gasteiger partial charge on any atom is -0.497 e. The Hall–Kier alpha value is -2.07. The molecule has 0 aliphatic heterocycles. The maximum atomic E-state index is 11.9. The molecular weight excluding hydrogens is 244 g/mol. The van der Waals surface area contributed by atoms with Gasteiger partial charge in [0.15, 0.2) is 0 Å². The van der Waals surface area contributed by atoms with E-state index in [0.717, 1.165) is 0 Å². The summed E-state index contributed by atoms with van der Waals surface area (Å²) in [5, 5.41) is 0. The summed E-state index contributed by atoms with van der Waals surface area (Å²) >= 11 is 0. The predicted octanol–water partition coefficient (Wildman–Crippen LogP) is 2.71. The van der Waals surface area contributed by atoms with E-state index in [-0.39, 0.29) is 12.1 Å². The van der Waals surface area contributed by atoms with E-state index in [0.29, 0.717) is 23.5 Å². The summed E-state index contributed by atoms with van der Waals surface area (Å²) in [5.41, 5.74) is 0.490. The molecule has 1 aliphatic carbocycles. The Morgan fingerprint density at radius 3 is 2.47 bits per heavy atom. The van der Waals surface area contributed by atoms with Crippen LogP contribution < -0.4 is 4.74 Å². The lowest BCUT2D eigenvalue weighted by atomic mass is 10.1. The SMILES string of the molecule is COc1ccc(C(=O)OC2=CCC(OC)C=C2)cc1. The first kappa shape index (κ1) is 13.4. The van der Waals surface area contributed by atoms with Crippen molar-refractivity contribution in [3.8, 4) is 5.75 Å². The quantitative estimate of drug-likeness (QED) is 0.781. The molecule has 2 rings (SSSR count). The van der Waals surface area contributed by atoms with Crippen molar-refractivity contribution in [2.75, 3.05) is 14.2 Å². The van der Waals surface area contributed by atoms with Crippen molar-refractivity contribution in [2.24, 2.45) is 0 Å². The van der Waals surface area contributed by atoms with Crippen LogP contribution in [0.2, 0.25) is 0 Å². The summed E-state index contributed by atoms with van der Waals surface area (Å²) in [6.45, 7) is 0. The van der Waals surface area contributed by atoms with Gasteiger partial charge < -0.3 is 14.2 Å². The average molecular weight is 260 g/mol. The van der Waals surface area contributed by atoms with Crippen LogP contribution in [0, 0.1) is 0 Å². The zero-order valence-corrected chi connectivity index (χ0v) is 11.0. The largest absolute Gasteiger partial charge is 0.497 e. The Morgan fingerprint density at radius 1 is 1.21 bits per heavy atom. The van der Waals surface area contributed by atoms with Crippen molar-refractivity contribution in [3.63, 3.8) is 0 Å². The Bertz CT molecular complexity index is 499. The smallest absolute Gasteiger partial charge is 0.343 e. The molecule has 1 unspecified atom stereocenters. The predicted molar refractivity (Wildman–Crippen MR) is 71.0 cm³/mol. The van der Waals surface area contributed by atoms with E-state index in [1.54, 1.807) is 44.6 Å². The number of ether oxygens (including phenoxy) is 3. The maximum absolute atomic E-state index is 11.9. The fourth-order valence-corrected chi connectivity index (χ4v) is 1.72. The first-order chi connectivity index (χ1) is 9.22. The summed E-state index contributed by atoms with van der Waals surface area (Å²) < 4.78 is 15.5. The van der Waals surface area contributed by atoms with Crippen LogP contribution in [0.5, 0.6) is 5.75 Å². The monoisotopic (exact) mass is 260 g/mol. The highest BCUT2D eigenvalue weighted by Gasteiger charge is 2.13. The second-order valence-corrected chi connectivity index (χ2v) is 4.09. The number of esters is 1. The van der Waals surface area contributed by atoms with Gasteiger partial charge in [-0.15, -0.1) is 0 Å². The molecule has 4 nitrogen and oxygen atoms in total. The van der Waals surface area contributed by atoms with Crippen LogP contribution in [0.3, 0.4) is 0 Å². The van der Waals surface area contributed by atoms with Crippen LogP contribution in [-0.2, 0) is 9.47 Å². The lowest BCUT2D eigenvalue weighted by Gasteiger charge is -2.14. The summed E-state index contributed by atoms with van der Waals surface area (Å²) in [5.74, 6) is 0.875. The number of allylic oxidation sites excluding steroid dienone is 1. The molecule has 0 saturated carbocycles. The van der Waals surface area contributed by atoms with Gasteiger partial charge in [0.2, 0.25) is 0 Å². The van der Waals surface area contributed by atoms with Crippen molar-refractivity contribution in [1.29, 1.82) is 0 Å². The molecule has 0 heterocycles. The lowest BCUT2D eigenvalue weighted by Crippen LogP contribution is -2.11. The number of rotatable bonds is 4. The highest BCUT2D eigenvalue weighted by atomic mass is 16.5. The van der Waals surface area contributed by atoms with Crippen molar-refractivity contribution in [3.05, 3.63) is 53.8 Å². The molecule has 1 aromatic rings. The lowest BCUT2D eigenvalue weighted by molar-refractivity contribution is 0.0629. The molecule has 0 fully saturated rings. The van der Waals surface area contributed by atoms with Gasteiger partial charge in [-0.05, 0) is 42.8 Å². The summed E-state index contributed by atoms with van der Waals surface area (Å²) in [6, 6.07) is 6.80. The number of carbonyl (C=O) groups excluding carboxylic acids is 1. The van der Waals surface area contributed by atoms with Gasteiger partial charge >= 0.3 is 5.97 Å². The van der Waals surface area contributed by atoms with Gasteiger partial charge in [-0.25, -0.2) is 4.79 Å². The third-order valence-corrected chi connectivity index (χ3v) is 2.87. The van der Waals surface area contributed by atoms with Gasteiger partial charge in [-0.1, -0.05) is 6.08 Å². The molecule has 19 heavy (non-hydrogen) atoms. The molecule has 0 radical (unpaired) electrons. The Balaban J connectivity index is 1.98. The Morgan fingerprint density at radius 2 is 1.95 bits per heavy atom. The number of hydrogen-bond acceptors (Lipinski definition) is 4. The van der Waals surface area contributed by atoms with Crippen LogP contribution in [0.1, 0.15) is 16.8 Å². The van der Waals surface area contributed by atoms with Crippen LogP contribution >= 0.6 is 0 Å². The minimum absolute atomic E-state index is 0.0587. The van der Waals surface area contributed by atoms with Gasteiger partial charge in [-0.3, -0.25) is 0 Å². The Labute approximate surface area is 112 Å². The molecule has 0 spiro atoms. The van der Waals surface area contributed by atoms with E-state index < -0.39 is 0 Å². The highest BCUT2D eigenvalue weighted by Crippen LogP contribution is 2.17. The van der Waals surface area contributed by atoms with Gasteiger partial charge in [-0.2, -0.15) is 0 Å². The number of carbonyl (C=O) groups is 1. The van der Waals surface area contributed by atoms with Crippen molar-refractivity contribution >= 4 is 5.97 Å². The second kappa shape index (κ2) is 6.20. The van der Waals surface area contributed by atoms with Crippen molar-refractivity contribution in [1.82, 2.24) is 0 Å². The van der Waals surface area contributed by atoms with E-state index in [1.165, 1.54) is 0 Å². The number of hydrogen-bond donors (Lipinski definition) is 0. The maximum Gasteiger partial charge on any atom is 0.343 e. The minimum atomic E-state index is -0.380. The van der Waals surface area contributed by atoms with Gasteiger partial charge in [0, 0.05) is 7.11 Å². The first-order valence-electron chi connectivity index (χ1n) is 6.00. The van der Waals surface area contributed by atoms with E-state index >= 15 is 0 Å². The van der Waals surface area contributed by atoms with Crippen LogP contribution in [-0.4, -0.2) is 26.3 Å². The van der Waals surface area contributed by atoms with Gasteiger partial charge in [0.05, 0.1) is 18.8 Å². The van der Waals surface area contributed by atoms with Crippen LogP contribution in [0.4, 0.5) is 0 Å². The topological polar surface area (TPSA) is 44.8 Å². The molecule has 100 valence electrons. The highest BCUT2D eigenvalue weighted by molar-refractivity contribution is 5.90. The summed E-state index contributed by atoms with van der Waals surface area (Å²) in [6.07, 6.45) is 6.23. The molecule has 0 bridgehead atoms. The molecule has 0 aromatic heterocycles. The third-order valence-electron chi connectivity index (χ3n) is 2.87. The first-order valence-corrected chi connectivity index (χ1v) is 6.00. The normalized spacial score (nSPS) is 17.8. The second-order valence-electron chi connectivity index (χ2n) is 4.09. The third kappa shape index (κ3) is 3.45. The van der Waals surface area contributed by atoms with Gasteiger partial charge in [0.25, 0.3) is 0 Å². The molecule has 1 aromatic carbocycles. The van der Waals surface area contributed by atoms with E-state index in [1.807, 2.05) is 12.2 Å². The van der Waals surface area contributed by atoms with Gasteiger partial charge in [0.1, 0.15) is 11.5 Å². The summed E-state index contributed by atoms with van der Waals surface area (Å²) in [4.78, 5) is 11.9. The van der Waals surface area contributed by atoms with E-state index in [4.69, 9.17) is 14.2 Å². The zero-order chi connectivity index (χ0) is 13.7. The fourth-order valence-electron chi connectivity index (χ4n) is 1.72. The molecule has 0 saturated heterocycles. The zero-order valence-electron chi connectivity index (χ0n) is 11.0. The number of methoxy groups -OCH3 is 2.